The van der Waals surface area contributed by atoms with E-state index in [4.69, 9.17) is 15.3 Å². The lowest BCUT2D eigenvalue weighted by Crippen LogP contribution is -2.48. The number of ether oxygens (including phenoxy) is 2. The standard InChI is InChI=1S/C12H26N4O2/c1-10(11-4-8-18-9-5-11)15-12(16-13)14-6-3-7-17-2/h10-11H,3-9,13H2,1-2H3,(H2,14,15,16). The molecule has 1 saturated heterocycles. The Morgan fingerprint density at radius 1 is 1.50 bits per heavy atom. The maximum absolute atomic E-state index is 5.47. The van der Waals surface area contributed by atoms with Gasteiger partial charge in [0.2, 0.25) is 5.96 Å². The molecule has 1 rings (SSSR count). The maximum Gasteiger partial charge on any atom is 0.205 e. The van der Waals surface area contributed by atoms with Crippen LogP contribution in [-0.2, 0) is 9.47 Å². The second-order valence-electron chi connectivity index (χ2n) is 4.60. The molecule has 4 N–H and O–H groups in total. The smallest absolute Gasteiger partial charge is 0.205 e. The van der Waals surface area contributed by atoms with Crippen LogP contribution in [0.5, 0.6) is 0 Å². The quantitative estimate of drug-likeness (QED) is 0.209. The number of hydrogen-bond acceptors (Lipinski definition) is 4. The van der Waals surface area contributed by atoms with Crippen LogP contribution in [0.2, 0.25) is 0 Å². The van der Waals surface area contributed by atoms with Gasteiger partial charge >= 0.3 is 0 Å². The van der Waals surface area contributed by atoms with Crippen LogP contribution in [0.25, 0.3) is 0 Å². The predicted molar refractivity (Wildman–Crippen MR) is 72.3 cm³/mol. The summed E-state index contributed by atoms with van der Waals surface area (Å²) in [5, 5.41) is 3.33. The first-order chi connectivity index (χ1) is 8.77. The van der Waals surface area contributed by atoms with Crippen molar-refractivity contribution >= 4 is 5.96 Å². The van der Waals surface area contributed by atoms with E-state index in [0.29, 0.717) is 24.5 Å². The lowest BCUT2D eigenvalue weighted by Gasteiger charge is -2.29. The number of nitrogens with zero attached hydrogens (tertiary/aromatic N) is 1. The molecular formula is C12H26N4O2. The zero-order valence-corrected chi connectivity index (χ0v) is 11.4. The molecule has 18 heavy (non-hydrogen) atoms. The second-order valence-corrected chi connectivity index (χ2v) is 4.60. The largest absolute Gasteiger partial charge is 0.385 e. The zero-order chi connectivity index (χ0) is 13.2. The summed E-state index contributed by atoms with van der Waals surface area (Å²) in [5.74, 6) is 6.75. The predicted octanol–water partition coefficient (Wildman–Crippen LogP) is 0.247. The monoisotopic (exact) mass is 258 g/mol. The Morgan fingerprint density at radius 3 is 2.83 bits per heavy atom. The SMILES string of the molecule is COCCCN=C(NN)NC(C)C1CCOCC1. The number of rotatable bonds is 6. The molecule has 1 unspecified atom stereocenters. The molecule has 0 aliphatic carbocycles. The molecule has 1 aliphatic rings. The summed E-state index contributed by atoms with van der Waals surface area (Å²) >= 11 is 0. The van der Waals surface area contributed by atoms with Gasteiger partial charge in [0.15, 0.2) is 0 Å². The van der Waals surface area contributed by atoms with Crippen molar-refractivity contribution in [1.82, 2.24) is 10.7 Å². The van der Waals surface area contributed by atoms with Crippen molar-refractivity contribution in [3.63, 3.8) is 0 Å². The van der Waals surface area contributed by atoms with Gasteiger partial charge < -0.3 is 14.8 Å². The molecule has 0 amide bonds. The van der Waals surface area contributed by atoms with Crippen molar-refractivity contribution < 1.29 is 9.47 Å². The van der Waals surface area contributed by atoms with Gasteiger partial charge in [-0.3, -0.25) is 10.4 Å². The number of nitrogens with one attached hydrogen (secondary N) is 2. The zero-order valence-electron chi connectivity index (χ0n) is 11.4. The van der Waals surface area contributed by atoms with Crippen LogP contribution in [0, 0.1) is 5.92 Å². The molecule has 1 fully saturated rings. The third-order valence-electron chi connectivity index (χ3n) is 3.25. The minimum absolute atomic E-state index is 0.353. The first-order valence-corrected chi connectivity index (χ1v) is 6.62. The molecule has 1 heterocycles. The normalized spacial score (nSPS) is 19.6. The number of methoxy groups -OCH3 is 1. The van der Waals surface area contributed by atoms with Crippen LogP contribution in [0.3, 0.4) is 0 Å². The third-order valence-corrected chi connectivity index (χ3v) is 3.25. The van der Waals surface area contributed by atoms with Crippen molar-refractivity contribution in [2.45, 2.75) is 32.2 Å². The van der Waals surface area contributed by atoms with E-state index in [0.717, 1.165) is 39.1 Å². The van der Waals surface area contributed by atoms with E-state index >= 15 is 0 Å². The van der Waals surface area contributed by atoms with Gasteiger partial charge in [-0.2, -0.15) is 0 Å². The number of hydrazine groups is 1. The fourth-order valence-corrected chi connectivity index (χ4v) is 2.08. The molecule has 1 atom stereocenters. The Bertz CT molecular complexity index is 242. The molecular weight excluding hydrogens is 232 g/mol. The highest BCUT2D eigenvalue weighted by molar-refractivity contribution is 5.79. The van der Waals surface area contributed by atoms with E-state index in [9.17, 15) is 0 Å². The average Bonchev–Trinajstić information content (AvgIpc) is 2.43. The van der Waals surface area contributed by atoms with Gasteiger partial charge in [0.25, 0.3) is 0 Å². The summed E-state index contributed by atoms with van der Waals surface area (Å²) < 4.78 is 10.3. The summed E-state index contributed by atoms with van der Waals surface area (Å²) in [6, 6.07) is 0.353. The van der Waals surface area contributed by atoms with E-state index < -0.39 is 0 Å². The molecule has 0 radical (unpaired) electrons. The van der Waals surface area contributed by atoms with Crippen LogP contribution in [0.4, 0.5) is 0 Å². The van der Waals surface area contributed by atoms with Gasteiger partial charge in [-0.1, -0.05) is 0 Å². The Labute approximate surface area is 109 Å². The third kappa shape index (κ3) is 5.66. The number of nitrogens with two attached hydrogens (primary N) is 1. The number of hydrogen-bond donors (Lipinski definition) is 3. The topological polar surface area (TPSA) is 80.9 Å². The lowest BCUT2D eigenvalue weighted by atomic mass is 9.93. The first kappa shape index (κ1) is 15.2. The Morgan fingerprint density at radius 2 is 2.22 bits per heavy atom. The first-order valence-electron chi connectivity index (χ1n) is 6.62. The lowest BCUT2D eigenvalue weighted by molar-refractivity contribution is 0.0581. The van der Waals surface area contributed by atoms with Crippen molar-refractivity contribution in [3.8, 4) is 0 Å². The van der Waals surface area contributed by atoms with Crippen LogP contribution < -0.4 is 16.6 Å². The van der Waals surface area contributed by atoms with E-state index in [1.54, 1.807) is 7.11 Å². The maximum atomic E-state index is 5.47. The molecule has 0 spiro atoms. The van der Waals surface area contributed by atoms with Crippen LogP contribution >= 0.6 is 0 Å². The highest BCUT2D eigenvalue weighted by atomic mass is 16.5. The van der Waals surface area contributed by atoms with Gasteiger partial charge in [-0.15, -0.1) is 0 Å². The number of guanidine groups is 1. The van der Waals surface area contributed by atoms with Crippen molar-refractivity contribution in [1.29, 1.82) is 0 Å². The minimum atomic E-state index is 0.353. The average molecular weight is 258 g/mol. The highest BCUT2D eigenvalue weighted by Gasteiger charge is 2.20. The van der Waals surface area contributed by atoms with E-state index in [1.807, 2.05) is 0 Å². The van der Waals surface area contributed by atoms with Gasteiger partial charge in [0.05, 0.1) is 0 Å². The molecule has 0 aromatic carbocycles. The summed E-state index contributed by atoms with van der Waals surface area (Å²) in [4.78, 5) is 4.37. The summed E-state index contributed by atoms with van der Waals surface area (Å²) in [5.41, 5.74) is 2.62. The molecule has 6 nitrogen and oxygen atoms in total. The highest BCUT2D eigenvalue weighted by Crippen LogP contribution is 2.18. The van der Waals surface area contributed by atoms with Crippen molar-refractivity contribution in [2.24, 2.45) is 16.8 Å². The Balaban J connectivity index is 2.31. The van der Waals surface area contributed by atoms with Crippen molar-refractivity contribution in [2.75, 3.05) is 33.5 Å². The molecule has 6 heteroatoms. The Hall–Kier alpha value is -0.850. The molecule has 1 aliphatic heterocycles. The minimum Gasteiger partial charge on any atom is -0.385 e. The number of aliphatic imine (C=N–C) groups is 1. The molecule has 106 valence electrons. The molecule has 0 saturated carbocycles. The van der Waals surface area contributed by atoms with Crippen molar-refractivity contribution in [3.05, 3.63) is 0 Å². The van der Waals surface area contributed by atoms with Gasteiger partial charge in [-0.05, 0) is 32.1 Å². The summed E-state index contributed by atoms with van der Waals surface area (Å²) in [6.07, 6.45) is 3.08. The van der Waals surface area contributed by atoms with E-state index in [-0.39, 0.29) is 0 Å². The second kappa shape index (κ2) is 9.13. The van der Waals surface area contributed by atoms with Crippen LogP contribution in [-0.4, -0.2) is 45.5 Å². The molecule has 0 aromatic rings. The van der Waals surface area contributed by atoms with Gasteiger partial charge in [0, 0.05) is 39.5 Å². The van der Waals surface area contributed by atoms with Crippen LogP contribution in [0.1, 0.15) is 26.2 Å². The molecule has 0 aromatic heterocycles. The summed E-state index contributed by atoms with van der Waals surface area (Å²) in [7, 11) is 1.69. The van der Waals surface area contributed by atoms with Gasteiger partial charge in [-0.25, -0.2) is 5.84 Å². The van der Waals surface area contributed by atoms with E-state index in [1.165, 1.54) is 0 Å². The van der Waals surface area contributed by atoms with E-state index in [2.05, 4.69) is 22.7 Å². The van der Waals surface area contributed by atoms with Gasteiger partial charge in [0.1, 0.15) is 0 Å². The van der Waals surface area contributed by atoms with Crippen LogP contribution in [0.15, 0.2) is 4.99 Å². The fourth-order valence-electron chi connectivity index (χ4n) is 2.08. The molecule has 0 bridgehead atoms. The summed E-state index contributed by atoms with van der Waals surface area (Å²) in [6.45, 7) is 5.30. The fraction of sp³-hybridized carbons (Fsp3) is 0.917. The Kier molecular flexibility index (Phi) is 7.71.